The average molecular weight is 405 g/mol. The summed E-state index contributed by atoms with van der Waals surface area (Å²) in [5.41, 5.74) is 2.25. The molecule has 7 heteroatoms. The summed E-state index contributed by atoms with van der Waals surface area (Å²) in [5, 5.41) is 14.7. The van der Waals surface area contributed by atoms with Crippen molar-refractivity contribution < 1.29 is 19.1 Å². The highest BCUT2D eigenvalue weighted by Crippen LogP contribution is 2.36. The van der Waals surface area contributed by atoms with Gasteiger partial charge in [-0.05, 0) is 62.1 Å². The maximum atomic E-state index is 12.1. The molecule has 0 spiro atoms. The third-order valence-electron chi connectivity index (χ3n) is 5.41. The van der Waals surface area contributed by atoms with Crippen LogP contribution in [0.3, 0.4) is 0 Å². The monoisotopic (exact) mass is 405 g/mol. The lowest BCUT2D eigenvalue weighted by Crippen LogP contribution is -2.20. The molecule has 1 saturated carbocycles. The number of hydrogen-bond acceptors (Lipinski definition) is 4. The Bertz CT molecular complexity index is 1010. The van der Waals surface area contributed by atoms with E-state index in [0.29, 0.717) is 30.2 Å². The molecule has 0 aliphatic heterocycles. The van der Waals surface area contributed by atoms with Crippen molar-refractivity contribution in [2.24, 2.45) is 5.92 Å². The molecule has 30 heavy (non-hydrogen) atoms. The molecule has 0 atom stereocenters. The number of amides is 2. The van der Waals surface area contributed by atoms with Crippen LogP contribution in [0.25, 0.3) is 11.3 Å². The van der Waals surface area contributed by atoms with Crippen molar-refractivity contribution in [3.05, 3.63) is 66.7 Å². The number of rotatable bonds is 5. The molecule has 2 aromatic carbocycles. The van der Waals surface area contributed by atoms with Crippen LogP contribution < -0.4 is 10.6 Å². The summed E-state index contributed by atoms with van der Waals surface area (Å²) in [6, 6.07) is 16.3. The highest BCUT2D eigenvalue weighted by Gasteiger charge is 2.29. The molecule has 154 valence electrons. The molecule has 1 heterocycles. The minimum Gasteiger partial charge on any atom is -0.481 e. The first kappa shape index (κ1) is 19.7. The van der Waals surface area contributed by atoms with Gasteiger partial charge in [-0.15, -0.1) is 0 Å². The van der Waals surface area contributed by atoms with Gasteiger partial charge in [0.25, 0.3) is 0 Å². The summed E-state index contributed by atoms with van der Waals surface area (Å²) < 4.78 is 5.95. The van der Waals surface area contributed by atoms with Gasteiger partial charge in [-0.1, -0.05) is 18.2 Å². The maximum absolute atomic E-state index is 12.1. The quantitative estimate of drug-likeness (QED) is 0.531. The molecule has 1 aliphatic rings. The fourth-order valence-corrected chi connectivity index (χ4v) is 3.73. The molecule has 3 N–H and O–H groups in total. The second-order valence-electron chi connectivity index (χ2n) is 7.47. The van der Waals surface area contributed by atoms with Gasteiger partial charge in [-0.25, -0.2) is 9.78 Å². The Morgan fingerprint density at radius 3 is 2.17 bits per heavy atom. The number of oxazole rings is 1. The maximum Gasteiger partial charge on any atom is 0.323 e. The van der Waals surface area contributed by atoms with Crippen LogP contribution in [0.5, 0.6) is 0 Å². The molecule has 1 aromatic heterocycles. The topological polar surface area (TPSA) is 104 Å². The van der Waals surface area contributed by atoms with E-state index in [4.69, 9.17) is 9.52 Å². The SMILES string of the molecule is O=C(Nc1ccccc1)Nc1ccc(-c2cnc(C3CCC(C(=O)O)CC3)o2)cc1. The van der Waals surface area contributed by atoms with Gasteiger partial charge in [-0.2, -0.15) is 0 Å². The molecule has 2 amide bonds. The Labute approximate surface area is 174 Å². The number of urea groups is 1. The molecular weight excluding hydrogens is 382 g/mol. The second-order valence-corrected chi connectivity index (χ2v) is 7.47. The highest BCUT2D eigenvalue weighted by molar-refractivity contribution is 5.99. The van der Waals surface area contributed by atoms with E-state index in [2.05, 4.69) is 15.6 Å². The second kappa shape index (κ2) is 8.82. The van der Waals surface area contributed by atoms with E-state index in [1.54, 1.807) is 18.3 Å². The van der Waals surface area contributed by atoms with Crippen LogP contribution in [0.2, 0.25) is 0 Å². The van der Waals surface area contributed by atoms with Crippen LogP contribution in [0.1, 0.15) is 37.5 Å². The number of anilines is 2. The Morgan fingerprint density at radius 2 is 1.53 bits per heavy atom. The van der Waals surface area contributed by atoms with Crippen LogP contribution in [-0.4, -0.2) is 22.1 Å². The predicted molar refractivity (Wildman–Crippen MR) is 113 cm³/mol. The number of carboxylic acids is 1. The molecule has 0 bridgehead atoms. The van der Waals surface area contributed by atoms with Gasteiger partial charge in [-0.3, -0.25) is 4.79 Å². The number of carboxylic acid groups (broad SMARTS) is 1. The van der Waals surface area contributed by atoms with Crippen molar-refractivity contribution in [3.8, 4) is 11.3 Å². The zero-order chi connectivity index (χ0) is 20.9. The fourth-order valence-electron chi connectivity index (χ4n) is 3.73. The Hall–Kier alpha value is -3.61. The molecule has 1 fully saturated rings. The minimum atomic E-state index is -0.715. The molecule has 3 aromatic rings. The Morgan fingerprint density at radius 1 is 0.900 bits per heavy atom. The average Bonchev–Trinajstić information content (AvgIpc) is 3.25. The first-order valence-corrected chi connectivity index (χ1v) is 10.0. The molecule has 0 saturated heterocycles. The van der Waals surface area contributed by atoms with Crippen LogP contribution in [-0.2, 0) is 4.79 Å². The van der Waals surface area contributed by atoms with Gasteiger partial charge in [0.15, 0.2) is 11.7 Å². The van der Waals surface area contributed by atoms with E-state index in [1.165, 1.54) is 0 Å². The summed E-state index contributed by atoms with van der Waals surface area (Å²) >= 11 is 0. The van der Waals surface area contributed by atoms with Gasteiger partial charge in [0, 0.05) is 22.9 Å². The minimum absolute atomic E-state index is 0.164. The third kappa shape index (κ3) is 4.68. The number of nitrogens with zero attached hydrogens (tertiary/aromatic N) is 1. The smallest absolute Gasteiger partial charge is 0.323 e. The Kier molecular flexibility index (Phi) is 5.79. The molecular formula is C23H23N3O4. The molecule has 0 radical (unpaired) electrons. The summed E-state index contributed by atoms with van der Waals surface area (Å²) in [5.74, 6) is 0.517. The van der Waals surface area contributed by atoms with Crippen LogP contribution in [0, 0.1) is 5.92 Å². The fraction of sp³-hybridized carbons (Fsp3) is 0.261. The zero-order valence-corrected chi connectivity index (χ0v) is 16.4. The molecule has 4 rings (SSSR count). The third-order valence-corrected chi connectivity index (χ3v) is 5.41. The van der Waals surface area contributed by atoms with Gasteiger partial charge in [0.05, 0.1) is 12.1 Å². The van der Waals surface area contributed by atoms with E-state index < -0.39 is 5.97 Å². The largest absolute Gasteiger partial charge is 0.481 e. The van der Waals surface area contributed by atoms with E-state index in [-0.39, 0.29) is 17.9 Å². The lowest BCUT2D eigenvalue weighted by molar-refractivity contribution is -0.142. The van der Waals surface area contributed by atoms with Crippen LogP contribution in [0.15, 0.2) is 65.2 Å². The normalized spacial score (nSPS) is 18.5. The van der Waals surface area contributed by atoms with Crippen molar-refractivity contribution in [2.45, 2.75) is 31.6 Å². The van der Waals surface area contributed by atoms with Crippen molar-refractivity contribution in [1.29, 1.82) is 0 Å². The highest BCUT2D eigenvalue weighted by atomic mass is 16.4. The van der Waals surface area contributed by atoms with Gasteiger partial charge >= 0.3 is 12.0 Å². The van der Waals surface area contributed by atoms with Crippen LogP contribution >= 0.6 is 0 Å². The number of carbonyl (C=O) groups is 2. The summed E-state index contributed by atoms with van der Waals surface area (Å²) in [6.45, 7) is 0. The van der Waals surface area contributed by atoms with Gasteiger partial charge < -0.3 is 20.2 Å². The van der Waals surface area contributed by atoms with Crippen molar-refractivity contribution in [1.82, 2.24) is 4.98 Å². The number of para-hydroxylation sites is 1. The van der Waals surface area contributed by atoms with Gasteiger partial charge in [0.1, 0.15) is 0 Å². The van der Waals surface area contributed by atoms with E-state index in [1.807, 2.05) is 42.5 Å². The standard InChI is InChI=1S/C23H23N3O4/c27-22(28)17-8-6-16(7-9-17)21-24-14-20(30-21)15-10-12-19(13-11-15)26-23(29)25-18-4-2-1-3-5-18/h1-5,10-14,16-17H,6-9H2,(H,27,28)(H2,25,26,29). The predicted octanol–water partition coefficient (Wildman–Crippen LogP) is 5.34. The molecule has 7 nitrogen and oxygen atoms in total. The van der Waals surface area contributed by atoms with E-state index >= 15 is 0 Å². The number of nitrogens with one attached hydrogen (secondary N) is 2. The summed E-state index contributed by atoms with van der Waals surface area (Å²) in [4.78, 5) is 27.6. The summed E-state index contributed by atoms with van der Waals surface area (Å²) in [7, 11) is 0. The number of aromatic nitrogens is 1. The lowest BCUT2D eigenvalue weighted by Gasteiger charge is -2.23. The molecule has 1 aliphatic carbocycles. The first-order chi connectivity index (χ1) is 14.6. The summed E-state index contributed by atoms with van der Waals surface area (Å²) in [6.07, 6.45) is 4.56. The van der Waals surface area contributed by atoms with Gasteiger partial charge in [0.2, 0.25) is 0 Å². The molecule has 0 unspecified atom stereocenters. The van der Waals surface area contributed by atoms with Crippen molar-refractivity contribution in [3.63, 3.8) is 0 Å². The number of aliphatic carboxylic acids is 1. The van der Waals surface area contributed by atoms with E-state index in [9.17, 15) is 9.59 Å². The lowest BCUT2D eigenvalue weighted by atomic mass is 9.82. The first-order valence-electron chi connectivity index (χ1n) is 10.0. The number of benzene rings is 2. The number of hydrogen-bond donors (Lipinski definition) is 3. The van der Waals surface area contributed by atoms with Crippen molar-refractivity contribution in [2.75, 3.05) is 10.6 Å². The Balaban J connectivity index is 1.35. The van der Waals surface area contributed by atoms with E-state index in [0.717, 1.165) is 24.1 Å². The zero-order valence-electron chi connectivity index (χ0n) is 16.4. The van der Waals surface area contributed by atoms with Crippen LogP contribution in [0.4, 0.5) is 16.2 Å². The van der Waals surface area contributed by atoms with Crippen molar-refractivity contribution >= 4 is 23.4 Å². The number of carbonyl (C=O) groups excluding carboxylic acids is 1.